The Kier molecular flexibility index (Phi) is 5.39. The van der Waals surface area contributed by atoms with Crippen molar-refractivity contribution in [2.45, 2.75) is 83.9 Å². The lowest BCUT2D eigenvalue weighted by atomic mass is 10.5. The summed E-state index contributed by atoms with van der Waals surface area (Å²) in [7, 11) is 0. The summed E-state index contributed by atoms with van der Waals surface area (Å²) in [6, 6.07) is 0. The zero-order valence-corrected chi connectivity index (χ0v) is 18.8. The van der Waals surface area contributed by atoms with E-state index in [9.17, 15) is 10.2 Å². The van der Waals surface area contributed by atoms with Crippen LogP contribution in [0.15, 0.2) is 35.5 Å². The van der Waals surface area contributed by atoms with Crippen LogP contribution >= 0.6 is 0 Å². The zero-order chi connectivity index (χ0) is 21.1. The van der Waals surface area contributed by atoms with Gasteiger partial charge in [0.15, 0.2) is 0 Å². The van der Waals surface area contributed by atoms with Crippen molar-refractivity contribution >= 4 is 0 Å². The van der Waals surface area contributed by atoms with E-state index < -0.39 is 6.10 Å². The summed E-state index contributed by atoms with van der Waals surface area (Å²) < 4.78 is 12.5. The molecule has 0 unspecified atom stereocenters. The molecule has 2 saturated carbocycles. The molecule has 0 bridgehead atoms. The van der Waals surface area contributed by atoms with Crippen molar-refractivity contribution in [2.75, 3.05) is 6.61 Å². The predicted molar refractivity (Wildman–Crippen MR) is 114 cm³/mol. The topological polar surface area (TPSA) is 65.5 Å². The van der Waals surface area contributed by atoms with E-state index >= 15 is 0 Å². The fourth-order valence-electron chi connectivity index (χ4n) is 6.39. The Bertz CT molecular complexity index is 739. The molecule has 0 aromatic rings. The number of aliphatic hydroxyl groups excluding tert-OH is 2. The highest BCUT2D eigenvalue weighted by Crippen LogP contribution is 2.67. The Hall–Kier alpha value is -0.940. The lowest BCUT2D eigenvalue weighted by Gasteiger charge is -2.45. The third-order valence-corrected chi connectivity index (χ3v) is 8.42. The van der Waals surface area contributed by atoms with E-state index in [1.165, 1.54) is 5.57 Å². The van der Waals surface area contributed by atoms with Gasteiger partial charge in [0, 0.05) is 18.4 Å². The second-order valence-electron chi connectivity index (χ2n) is 10.4. The summed E-state index contributed by atoms with van der Waals surface area (Å²) in [6.07, 6.45) is 11.1. The number of allylic oxidation sites excluding steroid dienone is 4. The number of hydrogen-bond acceptors (Lipinski definition) is 4. The molecular formula is C25H38O4. The Morgan fingerprint density at radius 1 is 1.21 bits per heavy atom. The van der Waals surface area contributed by atoms with E-state index in [1.54, 1.807) is 0 Å². The van der Waals surface area contributed by atoms with E-state index in [0.717, 1.165) is 18.4 Å². The van der Waals surface area contributed by atoms with Gasteiger partial charge in [-0.1, -0.05) is 36.8 Å². The van der Waals surface area contributed by atoms with Crippen LogP contribution in [-0.2, 0) is 9.47 Å². The number of ether oxygens (including phenoxy) is 2. The third kappa shape index (κ3) is 3.46. The normalized spacial score (nSPS) is 48.6. The largest absolute Gasteiger partial charge is 0.396 e. The van der Waals surface area contributed by atoms with Gasteiger partial charge in [-0.2, -0.15) is 0 Å². The molecule has 2 N–H and O–H groups in total. The molecule has 4 aliphatic rings. The maximum absolute atomic E-state index is 10.3. The van der Waals surface area contributed by atoms with E-state index in [1.807, 2.05) is 19.9 Å². The minimum atomic E-state index is -0.610. The van der Waals surface area contributed by atoms with E-state index in [0.29, 0.717) is 35.9 Å². The van der Waals surface area contributed by atoms with Crippen LogP contribution in [0.2, 0.25) is 0 Å². The van der Waals surface area contributed by atoms with Gasteiger partial charge in [0.2, 0.25) is 0 Å². The second kappa shape index (κ2) is 7.33. The standard InChI is InChI=1S/C25H38O4/c1-7-14(2)21-17(10-8-9-15(3)22(27)16(4)13-26)18-11-20-24(5,28-20)12-19(18)23-25(21,6)29-23/h7-10,16-23,26-27H,11-13H2,1-6H3/b10-8+,14-7+,15-9+/t16-,17-,18-,19+,20-,21-,22+,23-,24+,25+/m0/s1/i1+1,2+1,3+1,4+1,5+1,6+1,7+1,8+1,9+1,10+1,11+1,12+1,13+1,14+1,15+1,16+1,17+1,18+1,19+1,20+1,21+1,22+1,23+1,24+1,25+1,26-3,27-3. The average molecular weight is 421 g/mol. The van der Waals surface area contributed by atoms with Crippen LogP contribution < -0.4 is 0 Å². The molecule has 2 heterocycles. The highest BCUT2D eigenvalue weighted by molar-refractivity contribution is 5.30. The third-order valence-electron chi connectivity index (χ3n) is 8.42. The highest BCUT2D eigenvalue weighted by Gasteiger charge is 2.72. The van der Waals surface area contributed by atoms with Gasteiger partial charge in [0.25, 0.3) is 0 Å². The van der Waals surface area contributed by atoms with Crippen molar-refractivity contribution in [2.24, 2.45) is 29.6 Å². The first-order chi connectivity index (χ1) is 13.7. The number of rotatable bonds is 6. The van der Waals surface area contributed by atoms with Crippen LogP contribution in [0.5, 0.6) is 0 Å². The van der Waals surface area contributed by atoms with Crippen LogP contribution in [0.1, 0.15) is 54.4 Å². The maximum atomic E-state index is 10.3. The molecule has 4 nitrogen and oxygen atoms in total. The molecule has 2 aliphatic heterocycles. The van der Waals surface area contributed by atoms with Gasteiger partial charge in [0.05, 0.1) is 29.5 Å². The smallest absolute Gasteiger partial charge is 0.0993 e. The van der Waals surface area contributed by atoms with Gasteiger partial charge < -0.3 is 19.7 Å². The minimum absolute atomic E-state index is 0.0117. The summed E-state index contributed by atoms with van der Waals surface area (Å²) >= 11 is 0. The van der Waals surface area contributed by atoms with Gasteiger partial charge in [0.1, 0.15) is 0 Å². The van der Waals surface area contributed by atoms with Gasteiger partial charge in [-0.3, -0.25) is 0 Å². The van der Waals surface area contributed by atoms with Crippen LogP contribution in [0.25, 0.3) is 0 Å². The van der Waals surface area contributed by atoms with Crippen molar-refractivity contribution in [1.82, 2.24) is 0 Å². The number of hydrogen-bond donors (Lipinski definition) is 2. The highest BCUT2D eigenvalue weighted by atomic mass is 16.9. The molecule has 29 heavy (non-hydrogen) atoms. The molecule has 0 radical (unpaired) electrons. The van der Waals surface area contributed by atoms with Crippen molar-refractivity contribution in [1.29, 1.82) is 0 Å². The van der Waals surface area contributed by atoms with E-state index in [-0.39, 0.29) is 23.7 Å². The number of aliphatic hydroxyl groups is 2. The Morgan fingerprint density at radius 3 is 2.59 bits per heavy atom. The number of fused-ring (bicyclic) bond motifs is 4. The fraction of sp³-hybridized carbons (Fsp3) is 0.760. The maximum Gasteiger partial charge on any atom is 0.0993 e. The van der Waals surface area contributed by atoms with Crippen LogP contribution in [0.4, 0.5) is 0 Å². The SMILES string of the molecule is [13CH3]/[13CH]=[13C](\[13CH3])[13C@H]1[13C@@H](/[13CH]=[13CH]/[13CH]=[13C](\[13CH3])[13C@@H]([13OH])[13C@@H]([13CH3])[13CH2][13OH])[13C@@H]2[13CH2][13C@@H]3O[13C@]3([13CH3])[13CH2][13C@H]2[13C@@H]2O[13C@@]21[13CH3]. The molecule has 0 amide bonds. The molecule has 10 atom stereocenters. The molecule has 4 rings (SSSR count). The van der Waals surface area contributed by atoms with E-state index in [2.05, 4.69) is 45.9 Å². The van der Waals surface area contributed by atoms with Gasteiger partial charge in [-0.05, 0) is 70.8 Å². The lowest BCUT2D eigenvalue weighted by molar-refractivity contribution is 0.0997. The molecule has 0 spiro atoms. The second-order valence-corrected chi connectivity index (χ2v) is 10.4. The Labute approximate surface area is 175 Å². The van der Waals surface area contributed by atoms with Crippen LogP contribution in [-0.4, -0.2) is 46.3 Å². The molecule has 4 heteroatoms. The van der Waals surface area contributed by atoms with Crippen molar-refractivity contribution in [3.8, 4) is 0 Å². The molecule has 4 fully saturated rings. The molecule has 0 aromatic carbocycles. The molecule has 2 aliphatic carbocycles. The van der Waals surface area contributed by atoms with Crippen molar-refractivity contribution in [3.05, 3.63) is 35.5 Å². The van der Waals surface area contributed by atoms with Crippen LogP contribution in [0.3, 0.4) is 0 Å². The molecule has 162 valence electrons. The Balaban J connectivity index is 1.61. The van der Waals surface area contributed by atoms with E-state index in [4.69, 9.17) is 9.47 Å². The minimum Gasteiger partial charge on any atom is -0.396 e. The summed E-state index contributed by atoms with van der Waals surface area (Å²) in [5, 5.41) is 19.6. The van der Waals surface area contributed by atoms with Crippen molar-refractivity contribution < 1.29 is 19.7 Å². The van der Waals surface area contributed by atoms with Gasteiger partial charge in [-0.25, -0.2) is 0 Å². The summed E-state index contributed by atoms with van der Waals surface area (Å²) in [5.74, 6) is 1.77. The first-order valence-corrected chi connectivity index (χ1v) is 11.3. The average Bonchev–Trinajstić information content (AvgIpc) is 3.57. The zero-order valence-electron chi connectivity index (χ0n) is 18.8. The van der Waals surface area contributed by atoms with Gasteiger partial charge >= 0.3 is 0 Å². The van der Waals surface area contributed by atoms with Crippen LogP contribution in [0, 0.1) is 29.6 Å². The first-order valence-electron chi connectivity index (χ1n) is 11.3. The lowest BCUT2D eigenvalue weighted by Crippen LogP contribution is -2.48. The molecule has 0 aromatic heterocycles. The molecule has 2 saturated heterocycles. The fourth-order valence-corrected chi connectivity index (χ4v) is 6.39. The summed E-state index contributed by atoms with van der Waals surface area (Å²) in [4.78, 5) is 0. The first kappa shape index (κ1) is 21.3. The molecular weight excluding hydrogens is 383 g/mol. The van der Waals surface area contributed by atoms with Crippen molar-refractivity contribution in [3.63, 3.8) is 0 Å². The predicted octanol–water partition coefficient (Wildman–Crippen LogP) is 4.03. The monoisotopic (exact) mass is 421 g/mol. The Morgan fingerprint density at radius 2 is 1.93 bits per heavy atom. The van der Waals surface area contributed by atoms with Gasteiger partial charge in [-0.15, -0.1) is 0 Å². The quantitative estimate of drug-likeness (QED) is 0.294. The summed E-state index contributed by atoms with van der Waals surface area (Å²) in [6.45, 7) is 12.7. The summed E-state index contributed by atoms with van der Waals surface area (Å²) in [5.41, 5.74) is 2.30. The number of epoxide rings is 2.